The molecule has 9 nitrogen and oxygen atoms in total. The van der Waals surface area contributed by atoms with Crippen molar-refractivity contribution in [2.75, 3.05) is 6.61 Å². The number of hydrogen-bond donors (Lipinski definition) is 4. The highest BCUT2D eigenvalue weighted by atomic mass is 19.3. The Balaban J connectivity index is 1.49. The summed E-state index contributed by atoms with van der Waals surface area (Å²) >= 11 is 0. The number of aromatic hydroxyl groups is 1. The Bertz CT molecular complexity index is 1040. The van der Waals surface area contributed by atoms with Gasteiger partial charge in [0, 0.05) is 6.54 Å². The molecule has 11 heteroatoms. The number of para-hydroxylation sites is 1. The Morgan fingerprint density at radius 2 is 1.87 bits per heavy atom. The average molecular weight is 431 g/mol. The average Bonchev–Trinajstić information content (AvgIpc) is 3.17. The number of hydrogen-bond acceptors (Lipinski definition) is 5. The summed E-state index contributed by atoms with van der Waals surface area (Å²) in [4.78, 5) is 24.1. The van der Waals surface area contributed by atoms with Crippen LogP contribution in [0.5, 0.6) is 11.5 Å². The minimum atomic E-state index is -2.59. The van der Waals surface area contributed by atoms with Crippen LogP contribution in [0.25, 0.3) is 5.69 Å². The van der Waals surface area contributed by atoms with Gasteiger partial charge >= 0.3 is 6.03 Å². The highest BCUT2D eigenvalue weighted by Crippen LogP contribution is 2.17. The van der Waals surface area contributed by atoms with E-state index in [-0.39, 0.29) is 23.7 Å². The fourth-order valence-corrected chi connectivity index (χ4v) is 2.54. The van der Waals surface area contributed by atoms with Crippen molar-refractivity contribution in [2.45, 2.75) is 13.0 Å². The van der Waals surface area contributed by atoms with Crippen molar-refractivity contribution in [2.24, 2.45) is 0 Å². The normalized spacial score (nSPS) is 10.5. The first-order valence-corrected chi connectivity index (χ1v) is 9.10. The molecule has 0 aliphatic carbocycles. The molecule has 3 rings (SSSR count). The molecule has 0 aliphatic rings. The molecular formula is C20H19F2N5O4. The lowest BCUT2D eigenvalue weighted by atomic mass is 10.2. The molecule has 4 N–H and O–H groups in total. The molecule has 0 spiro atoms. The number of rotatable bonds is 7. The van der Waals surface area contributed by atoms with Crippen molar-refractivity contribution in [1.82, 2.24) is 25.9 Å². The first-order valence-electron chi connectivity index (χ1n) is 9.10. The molecule has 0 radical (unpaired) electrons. The smallest absolute Gasteiger partial charge is 0.333 e. The van der Waals surface area contributed by atoms with E-state index in [9.17, 15) is 23.5 Å². The van der Waals surface area contributed by atoms with Crippen molar-refractivity contribution >= 4 is 11.9 Å². The standard InChI is InChI=1S/C20H19F2N5O4/c21-17(22)12-31-15-8-4-5-13(9-15)10-23-20(30)25-24-19(29)18-16(28)11-27(26-18)14-6-2-1-3-7-14/h1-9,11,17,28H,10,12H2,(H,24,29)(H2,23,25,30). The maximum atomic E-state index is 12.2. The van der Waals surface area contributed by atoms with E-state index >= 15 is 0 Å². The predicted octanol–water partition coefficient (Wildman–Crippen LogP) is 2.37. The van der Waals surface area contributed by atoms with E-state index < -0.39 is 25.0 Å². The van der Waals surface area contributed by atoms with Gasteiger partial charge < -0.3 is 15.2 Å². The largest absolute Gasteiger partial charge is 0.504 e. The molecule has 0 atom stereocenters. The summed E-state index contributed by atoms with van der Waals surface area (Å²) in [5, 5.41) is 16.4. The van der Waals surface area contributed by atoms with Crippen LogP contribution in [0.2, 0.25) is 0 Å². The predicted molar refractivity (Wildman–Crippen MR) is 106 cm³/mol. The maximum absolute atomic E-state index is 12.2. The van der Waals surface area contributed by atoms with Gasteiger partial charge in [-0.05, 0) is 29.8 Å². The van der Waals surface area contributed by atoms with Gasteiger partial charge in [0.05, 0.1) is 11.9 Å². The zero-order valence-corrected chi connectivity index (χ0v) is 16.1. The number of nitrogens with one attached hydrogen (secondary N) is 3. The number of alkyl halides is 2. The Hall–Kier alpha value is -4.15. The third-order valence-corrected chi connectivity index (χ3v) is 3.95. The minimum absolute atomic E-state index is 0.0570. The van der Waals surface area contributed by atoms with Gasteiger partial charge in [-0.15, -0.1) is 0 Å². The molecule has 2 aromatic carbocycles. The van der Waals surface area contributed by atoms with Gasteiger partial charge in [-0.3, -0.25) is 10.2 Å². The molecule has 3 amide bonds. The quantitative estimate of drug-likeness (QED) is 0.429. The van der Waals surface area contributed by atoms with E-state index in [1.807, 2.05) is 6.07 Å². The van der Waals surface area contributed by atoms with Crippen LogP contribution < -0.4 is 20.9 Å². The number of carbonyl (C=O) groups excluding carboxylic acids is 2. The zero-order valence-electron chi connectivity index (χ0n) is 16.1. The summed E-state index contributed by atoms with van der Waals surface area (Å²) in [5.74, 6) is -0.924. The third-order valence-electron chi connectivity index (χ3n) is 3.95. The molecule has 0 unspecified atom stereocenters. The van der Waals surface area contributed by atoms with Crippen LogP contribution in [0.15, 0.2) is 60.8 Å². The monoisotopic (exact) mass is 431 g/mol. The first-order chi connectivity index (χ1) is 14.9. The second-order valence-corrected chi connectivity index (χ2v) is 6.25. The Labute approximate surface area is 175 Å². The fourth-order valence-electron chi connectivity index (χ4n) is 2.54. The van der Waals surface area contributed by atoms with Crippen molar-refractivity contribution in [3.05, 3.63) is 72.1 Å². The summed E-state index contributed by atoms with van der Waals surface area (Å²) in [6, 6.07) is 14.4. The molecule has 0 fully saturated rings. The topological polar surface area (TPSA) is 118 Å². The molecule has 0 saturated heterocycles. The maximum Gasteiger partial charge on any atom is 0.333 e. The number of urea groups is 1. The summed E-state index contributed by atoms with van der Waals surface area (Å²) in [7, 11) is 0. The fraction of sp³-hybridized carbons (Fsp3) is 0.150. The first kappa shape index (κ1) is 21.6. The summed E-state index contributed by atoms with van der Waals surface area (Å²) in [5.41, 5.74) is 5.26. The number of aromatic nitrogens is 2. The van der Waals surface area contributed by atoms with Gasteiger partial charge in [-0.25, -0.2) is 23.7 Å². The van der Waals surface area contributed by atoms with Crippen molar-refractivity contribution in [3.8, 4) is 17.2 Å². The summed E-state index contributed by atoms with van der Waals surface area (Å²) < 4.78 is 30.7. The summed E-state index contributed by atoms with van der Waals surface area (Å²) in [6.45, 7) is -0.669. The second-order valence-electron chi connectivity index (χ2n) is 6.25. The molecule has 3 aromatic rings. The van der Waals surface area contributed by atoms with Crippen LogP contribution >= 0.6 is 0 Å². The van der Waals surface area contributed by atoms with Gasteiger partial charge in [-0.1, -0.05) is 30.3 Å². The van der Waals surface area contributed by atoms with Crippen LogP contribution in [0.1, 0.15) is 16.1 Å². The van der Waals surface area contributed by atoms with E-state index in [2.05, 4.69) is 21.3 Å². The molecule has 0 bridgehead atoms. The van der Waals surface area contributed by atoms with E-state index in [4.69, 9.17) is 4.74 Å². The number of amides is 3. The molecule has 31 heavy (non-hydrogen) atoms. The Morgan fingerprint density at radius 3 is 2.61 bits per heavy atom. The van der Waals surface area contributed by atoms with Gasteiger partial charge in [0.1, 0.15) is 12.4 Å². The van der Waals surface area contributed by atoms with Crippen LogP contribution in [0.3, 0.4) is 0 Å². The summed E-state index contributed by atoms with van der Waals surface area (Å²) in [6.07, 6.45) is -1.32. The van der Waals surface area contributed by atoms with Gasteiger partial charge in [0.15, 0.2) is 11.4 Å². The Kier molecular flexibility index (Phi) is 6.99. The van der Waals surface area contributed by atoms with E-state index in [1.54, 1.807) is 36.4 Å². The van der Waals surface area contributed by atoms with Crippen LogP contribution in [-0.4, -0.2) is 39.9 Å². The molecular weight excluding hydrogens is 412 g/mol. The van der Waals surface area contributed by atoms with Crippen molar-refractivity contribution < 1.29 is 28.2 Å². The Morgan fingerprint density at radius 1 is 1.10 bits per heavy atom. The van der Waals surface area contributed by atoms with Gasteiger partial charge in [0.2, 0.25) is 0 Å². The number of carbonyl (C=O) groups is 2. The number of ether oxygens (including phenoxy) is 1. The van der Waals surface area contributed by atoms with Crippen molar-refractivity contribution in [3.63, 3.8) is 0 Å². The van der Waals surface area contributed by atoms with E-state index in [0.717, 1.165) is 0 Å². The van der Waals surface area contributed by atoms with E-state index in [0.29, 0.717) is 11.3 Å². The van der Waals surface area contributed by atoms with Crippen molar-refractivity contribution in [1.29, 1.82) is 0 Å². The molecule has 0 saturated carbocycles. The SMILES string of the molecule is O=C(NCc1cccc(OCC(F)F)c1)NNC(=O)c1nn(-c2ccccc2)cc1O. The highest BCUT2D eigenvalue weighted by Gasteiger charge is 2.17. The lowest BCUT2D eigenvalue weighted by molar-refractivity contribution is 0.0818. The van der Waals surface area contributed by atoms with Crippen LogP contribution in [0.4, 0.5) is 13.6 Å². The third kappa shape index (κ3) is 6.16. The molecule has 162 valence electrons. The lowest BCUT2D eigenvalue weighted by Gasteiger charge is -2.10. The number of hydrazine groups is 1. The number of halogens is 2. The zero-order chi connectivity index (χ0) is 22.2. The minimum Gasteiger partial charge on any atom is -0.504 e. The molecule has 0 aliphatic heterocycles. The molecule has 1 heterocycles. The van der Waals surface area contributed by atoms with Crippen LogP contribution in [-0.2, 0) is 6.54 Å². The second kappa shape index (κ2) is 10.1. The molecule has 1 aromatic heterocycles. The lowest BCUT2D eigenvalue weighted by Crippen LogP contribution is -2.46. The highest BCUT2D eigenvalue weighted by molar-refractivity contribution is 5.95. The van der Waals surface area contributed by atoms with Gasteiger partial charge in [-0.2, -0.15) is 5.10 Å². The number of nitrogens with zero attached hydrogens (tertiary/aromatic N) is 2. The van der Waals surface area contributed by atoms with E-state index in [1.165, 1.54) is 23.0 Å². The van der Waals surface area contributed by atoms with Gasteiger partial charge in [0.25, 0.3) is 12.3 Å². The van der Waals surface area contributed by atoms with Crippen LogP contribution in [0, 0.1) is 0 Å². The number of benzene rings is 2.